The van der Waals surface area contributed by atoms with E-state index >= 15 is 0 Å². The minimum atomic E-state index is 0.332. The van der Waals surface area contributed by atoms with Crippen LogP contribution in [0.4, 0.5) is 5.69 Å². The smallest absolute Gasteiger partial charge is 0.189 e. The fraction of sp³-hybridized carbons (Fsp3) is 0.600. The molecule has 1 aromatic rings. The molecule has 3 heterocycles. The summed E-state index contributed by atoms with van der Waals surface area (Å²) in [6.07, 6.45) is 3.21. The van der Waals surface area contributed by atoms with E-state index in [9.17, 15) is 0 Å². The van der Waals surface area contributed by atoms with Crippen molar-refractivity contribution >= 4 is 5.69 Å². The number of rotatable bonds is 2. The molecular formula is C15H20N2O3. The number of nitrogen functional groups attached to an aromatic ring is 1. The quantitative estimate of drug-likeness (QED) is 0.830. The van der Waals surface area contributed by atoms with E-state index in [4.69, 9.17) is 19.9 Å². The Morgan fingerprint density at radius 3 is 2.80 bits per heavy atom. The second kappa shape index (κ2) is 4.91. The number of nitrogens with two attached hydrogens (primary N) is 1. The lowest BCUT2D eigenvalue weighted by atomic mass is 10.1. The van der Waals surface area contributed by atoms with Crippen LogP contribution in [0.2, 0.25) is 0 Å². The predicted molar refractivity (Wildman–Crippen MR) is 74.3 cm³/mol. The normalized spacial score (nSPS) is 29.0. The van der Waals surface area contributed by atoms with E-state index in [1.54, 1.807) is 0 Å². The zero-order valence-corrected chi connectivity index (χ0v) is 11.5. The standard InChI is InChI=1S/C15H20N2O3/c16-12-3-10(15-11(4-12)8-18-9-19-15)5-17-6-13-1-2-14(7-17)20-13/h3-4,13-14H,1-2,5-9,16H2. The number of morpholine rings is 1. The number of hydrogen-bond acceptors (Lipinski definition) is 5. The number of nitrogens with zero attached hydrogens (tertiary/aromatic N) is 1. The second-order valence-corrected chi connectivity index (χ2v) is 5.93. The minimum absolute atomic E-state index is 0.332. The van der Waals surface area contributed by atoms with Gasteiger partial charge in [0.05, 0.1) is 18.8 Å². The van der Waals surface area contributed by atoms with E-state index in [1.165, 1.54) is 18.4 Å². The molecule has 3 aliphatic rings. The van der Waals surface area contributed by atoms with Crippen LogP contribution in [0.5, 0.6) is 5.75 Å². The average molecular weight is 276 g/mol. The van der Waals surface area contributed by atoms with Gasteiger partial charge in [-0.25, -0.2) is 0 Å². The molecular weight excluding hydrogens is 256 g/mol. The number of benzene rings is 1. The summed E-state index contributed by atoms with van der Waals surface area (Å²) >= 11 is 0. The molecule has 0 saturated carbocycles. The molecule has 2 bridgehead atoms. The van der Waals surface area contributed by atoms with Crippen molar-refractivity contribution in [3.63, 3.8) is 0 Å². The molecule has 1 aromatic carbocycles. The van der Waals surface area contributed by atoms with Crippen molar-refractivity contribution < 1.29 is 14.2 Å². The van der Waals surface area contributed by atoms with Crippen LogP contribution >= 0.6 is 0 Å². The van der Waals surface area contributed by atoms with Crippen LogP contribution in [-0.2, 0) is 22.6 Å². The van der Waals surface area contributed by atoms with E-state index in [0.29, 0.717) is 25.6 Å². The summed E-state index contributed by atoms with van der Waals surface area (Å²) < 4.78 is 16.9. The summed E-state index contributed by atoms with van der Waals surface area (Å²) in [4.78, 5) is 2.46. The Kier molecular flexibility index (Phi) is 3.06. The molecule has 2 saturated heterocycles. The van der Waals surface area contributed by atoms with Crippen molar-refractivity contribution in [3.8, 4) is 5.75 Å². The lowest BCUT2D eigenvalue weighted by Crippen LogP contribution is -2.42. The monoisotopic (exact) mass is 276 g/mol. The number of likely N-dealkylation sites (tertiary alicyclic amines) is 1. The zero-order chi connectivity index (χ0) is 13.5. The molecule has 2 atom stereocenters. The fourth-order valence-corrected chi connectivity index (χ4v) is 3.51. The lowest BCUT2D eigenvalue weighted by Gasteiger charge is -2.33. The molecule has 2 unspecified atom stereocenters. The molecule has 4 rings (SSSR count). The van der Waals surface area contributed by atoms with Gasteiger partial charge < -0.3 is 19.9 Å². The van der Waals surface area contributed by atoms with Crippen molar-refractivity contribution in [1.82, 2.24) is 4.90 Å². The van der Waals surface area contributed by atoms with Gasteiger partial charge in [0.2, 0.25) is 0 Å². The van der Waals surface area contributed by atoms with E-state index in [-0.39, 0.29) is 0 Å². The summed E-state index contributed by atoms with van der Waals surface area (Å²) in [7, 11) is 0. The number of fused-ring (bicyclic) bond motifs is 3. The summed E-state index contributed by atoms with van der Waals surface area (Å²) in [5, 5.41) is 0. The van der Waals surface area contributed by atoms with Crippen LogP contribution in [0.25, 0.3) is 0 Å². The molecule has 0 aromatic heterocycles. The molecule has 0 spiro atoms. The van der Waals surface area contributed by atoms with Crippen LogP contribution in [-0.4, -0.2) is 37.0 Å². The van der Waals surface area contributed by atoms with Gasteiger partial charge in [0.15, 0.2) is 6.79 Å². The number of anilines is 1. The highest BCUT2D eigenvalue weighted by Gasteiger charge is 2.34. The molecule has 3 aliphatic heterocycles. The molecule has 0 aliphatic carbocycles. The first-order chi connectivity index (χ1) is 9.78. The average Bonchev–Trinajstić information content (AvgIpc) is 2.78. The third-order valence-corrected chi connectivity index (χ3v) is 4.32. The van der Waals surface area contributed by atoms with E-state index < -0.39 is 0 Å². The first-order valence-corrected chi connectivity index (χ1v) is 7.27. The fourth-order valence-electron chi connectivity index (χ4n) is 3.51. The summed E-state index contributed by atoms with van der Waals surface area (Å²) in [6.45, 7) is 3.82. The van der Waals surface area contributed by atoms with Crippen LogP contribution in [0.1, 0.15) is 24.0 Å². The molecule has 5 heteroatoms. The molecule has 0 amide bonds. The Bertz CT molecular complexity index is 508. The van der Waals surface area contributed by atoms with Crippen molar-refractivity contribution in [2.75, 3.05) is 25.6 Å². The predicted octanol–water partition coefficient (Wildman–Crippen LogP) is 1.50. The van der Waals surface area contributed by atoms with Gasteiger partial charge in [0.1, 0.15) is 5.75 Å². The topological polar surface area (TPSA) is 57.0 Å². The van der Waals surface area contributed by atoms with Crippen molar-refractivity contribution in [3.05, 3.63) is 23.3 Å². The summed E-state index contributed by atoms with van der Waals surface area (Å²) in [5.41, 5.74) is 9.01. The van der Waals surface area contributed by atoms with Crippen molar-refractivity contribution in [2.45, 2.75) is 38.2 Å². The zero-order valence-electron chi connectivity index (χ0n) is 11.5. The number of hydrogen-bond donors (Lipinski definition) is 1. The van der Waals surface area contributed by atoms with Gasteiger partial charge in [-0.05, 0) is 25.0 Å². The molecule has 2 fully saturated rings. The first kappa shape index (κ1) is 12.4. The largest absolute Gasteiger partial charge is 0.467 e. The Balaban J connectivity index is 1.57. The first-order valence-electron chi connectivity index (χ1n) is 7.27. The maximum absolute atomic E-state index is 6.00. The summed E-state index contributed by atoms with van der Waals surface area (Å²) in [6, 6.07) is 3.97. The Hall–Kier alpha value is -1.30. The molecule has 0 radical (unpaired) electrons. The van der Waals surface area contributed by atoms with Gasteiger partial charge in [0, 0.05) is 36.4 Å². The highest BCUT2D eigenvalue weighted by molar-refractivity contribution is 5.53. The highest BCUT2D eigenvalue weighted by atomic mass is 16.7. The van der Waals surface area contributed by atoms with Crippen molar-refractivity contribution in [2.24, 2.45) is 0 Å². The van der Waals surface area contributed by atoms with Crippen LogP contribution in [0, 0.1) is 0 Å². The number of ether oxygens (including phenoxy) is 3. The Morgan fingerprint density at radius 2 is 2.00 bits per heavy atom. The maximum atomic E-state index is 6.00. The van der Waals surface area contributed by atoms with Gasteiger partial charge in [-0.15, -0.1) is 0 Å². The molecule has 108 valence electrons. The molecule has 20 heavy (non-hydrogen) atoms. The third-order valence-electron chi connectivity index (χ3n) is 4.32. The Morgan fingerprint density at radius 1 is 1.20 bits per heavy atom. The van der Waals surface area contributed by atoms with E-state index in [1.807, 2.05) is 12.1 Å². The molecule has 2 N–H and O–H groups in total. The lowest BCUT2D eigenvalue weighted by molar-refractivity contribution is -0.0427. The van der Waals surface area contributed by atoms with Crippen molar-refractivity contribution in [1.29, 1.82) is 0 Å². The maximum Gasteiger partial charge on any atom is 0.189 e. The highest BCUT2D eigenvalue weighted by Crippen LogP contribution is 2.33. The van der Waals surface area contributed by atoms with E-state index in [0.717, 1.165) is 36.6 Å². The van der Waals surface area contributed by atoms with Crippen LogP contribution < -0.4 is 10.5 Å². The van der Waals surface area contributed by atoms with Gasteiger partial charge in [-0.1, -0.05) is 0 Å². The van der Waals surface area contributed by atoms with Gasteiger partial charge in [0.25, 0.3) is 0 Å². The SMILES string of the molecule is Nc1cc2c(c(CN3CC4CCC(C3)O4)c1)OCOC2. The van der Waals surface area contributed by atoms with Crippen LogP contribution in [0.15, 0.2) is 12.1 Å². The molecule has 5 nitrogen and oxygen atoms in total. The van der Waals surface area contributed by atoms with Gasteiger partial charge in [-0.2, -0.15) is 0 Å². The summed E-state index contributed by atoms with van der Waals surface area (Å²) in [5.74, 6) is 0.962. The van der Waals surface area contributed by atoms with Gasteiger partial charge >= 0.3 is 0 Å². The van der Waals surface area contributed by atoms with Crippen LogP contribution in [0.3, 0.4) is 0 Å². The second-order valence-electron chi connectivity index (χ2n) is 5.93. The van der Waals surface area contributed by atoms with Gasteiger partial charge in [-0.3, -0.25) is 4.90 Å². The Labute approximate surface area is 118 Å². The minimum Gasteiger partial charge on any atom is -0.467 e. The third kappa shape index (κ3) is 2.26. The van der Waals surface area contributed by atoms with E-state index in [2.05, 4.69) is 4.90 Å².